The molecule has 0 radical (unpaired) electrons. The van der Waals surface area contributed by atoms with Crippen molar-refractivity contribution >= 4 is 17.0 Å². The van der Waals surface area contributed by atoms with Crippen LogP contribution in [-0.2, 0) is 0 Å². The highest BCUT2D eigenvalue weighted by Gasteiger charge is 2.65. The van der Waals surface area contributed by atoms with Gasteiger partial charge in [-0.15, -0.1) is 0 Å². The zero-order valence-electron chi connectivity index (χ0n) is 11.1. The molecule has 2 aromatic rings. The maximum atomic E-state index is 11.1. The maximum absolute atomic E-state index is 11.1. The highest BCUT2D eigenvalue weighted by molar-refractivity contribution is 5.92. The summed E-state index contributed by atoms with van der Waals surface area (Å²) in [5.74, 6) is 2.63. The lowest BCUT2D eigenvalue weighted by molar-refractivity contribution is 0.0697. The van der Waals surface area contributed by atoms with E-state index in [0.29, 0.717) is 11.6 Å². The Labute approximate surface area is 116 Å². The number of aromatic carboxylic acids is 1. The summed E-state index contributed by atoms with van der Waals surface area (Å²) in [6, 6.07) is 5.82. The summed E-state index contributed by atoms with van der Waals surface area (Å²) in [4.78, 5) is 15.6. The molecule has 4 atom stereocenters. The van der Waals surface area contributed by atoms with Gasteiger partial charge in [0.1, 0.15) is 0 Å². The first-order chi connectivity index (χ1) is 9.74. The third-order valence-corrected chi connectivity index (χ3v) is 5.84. The Morgan fingerprint density at radius 1 is 1.25 bits per heavy atom. The van der Waals surface area contributed by atoms with Crippen molar-refractivity contribution < 1.29 is 9.90 Å². The first kappa shape index (κ1) is 10.9. The van der Waals surface area contributed by atoms with Crippen LogP contribution in [0.15, 0.2) is 24.5 Å². The number of benzene rings is 1. The van der Waals surface area contributed by atoms with Crippen molar-refractivity contribution in [1.29, 1.82) is 0 Å². The molecule has 4 heteroatoms. The molecule has 1 aromatic heterocycles. The minimum absolute atomic E-state index is 0.355. The molecule has 1 aromatic carbocycles. The van der Waals surface area contributed by atoms with E-state index in [1.54, 1.807) is 12.1 Å². The monoisotopic (exact) mass is 268 g/mol. The van der Waals surface area contributed by atoms with E-state index in [-0.39, 0.29) is 0 Å². The second-order valence-corrected chi connectivity index (χ2v) is 6.64. The Kier molecular flexibility index (Phi) is 1.87. The number of imidazole rings is 1. The van der Waals surface area contributed by atoms with Crippen molar-refractivity contribution in [2.24, 2.45) is 23.7 Å². The number of hydrogen-bond acceptors (Lipinski definition) is 2. The molecule has 0 spiro atoms. The van der Waals surface area contributed by atoms with Crippen LogP contribution in [0.4, 0.5) is 0 Å². The summed E-state index contributed by atoms with van der Waals surface area (Å²) in [5.41, 5.74) is 2.25. The molecule has 20 heavy (non-hydrogen) atoms. The number of carbonyl (C=O) groups is 1. The smallest absolute Gasteiger partial charge is 0.335 e. The molecular weight excluding hydrogens is 252 g/mol. The highest BCUT2D eigenvalue weighted by atomic mass is 16.4. The van der Waals surface area contributed by atoms with Gasteiger partial charge in [0.25, 0.3) is 0 Å². The van der Waals surface area contributed by atoms with E-state index in [0.717, 1.165) is 34.7 Å². The fourth-order valence-corrected chi connectivity index (χ4v) is 5.05. The maximum Gasteiger partial charge on any atom is 0.335 e. The van der Waals surface area contributed by atoms with E-state index in [9.17, 15) is 4.79 Å². The molecule has 3 fully saturated rings. The van der Waals surface area contributed by atoms with E-state index in [4.69, 9.17) is 5.11 Å². The Morgan fingerprint density at radius 3 is 2.70 bits per heavy atom. The van der Waals surface area contributed by atoms with Gasteiger partial charge >= 0.3 is 5.97 Å². The minimum Gasteiger partial charge on any atom is -0.478 e. The first-order valence-corrected chi connectivity index (χ1v) is 7.44. The van der Waals surface area contributed by atoms with Gasteiger partial charge in [0.05, 0.1) is 22.9 Å². The number of aromatic nitrogens is 2. The van der Waals surface area contributed by atoms with Crippen molar-refractivity contribution in [3.63, 3.8) is 0 Å². The van der Waals surface area contributed by atoms with Gasteiger partial charge in [0.15, 0.2) is 0 Å². The van der Waals surface area contributed by atoms with Crippen molar-refractivity contribution in [3.05, 3.63) is 30.1 Å². The predicted octanol–water partition coefficient (Wildman–Crippen LogP) is 2.95. The number of fused-ring (bicyclic) bond motifs is 6. The number of carboxylic acid groups (broad SMARTS) is 1. The van der Waals surface area contributed by atoms with Crippen LogP contribution in [0.1, 0.15) is 35.7 Å². The van der Waals surface area contributed by atoms with E-state index in [1.165, 1.54) is 19.3 Å². The average molecular weight is 268 g/mol. The molecule has 1 N–H and O–H groups in total. The van der Waals surface area contributed by atoms with Crippen molar-refractivity contribution in [3.8, 4) is 0 Å². The lowest BCUT2D eigenvalue weighted by Crippen LogP contribution is -2.04. The lowest BCUT2D eigenvalue weighted by atomic mass is 10.0. The van der Waals surface area contributed by atoms with Crippen LogP contribution in [0.3, 0.4) is 0 Å². The van der Waals surface area contributed by atoms with Gasteiger partial charge < -0.3 is 9.67 Å². The normalized spacial score (nSPS) is 37.3. The van der Waals surface area contributed by atoms with Crippen LogP contribution in [0, 0.1) is 23.7 Å². The standard InChI is InChI=1S/C16H16N2O2/c19-16(20)10-3-4-11-12(6-10)18(7-17-11)15-13-8-1-2-9(5-8)14(13)15/h3-4,6-9,13-15H,1-2,5H2,(H,19,20). The molecule has 1 heterocycles. The largest absolute Gasteiger partial charge is 0.478 e. The number of hydrogen-bond donors (Lipinski definition) is 1. The van der Waals surface area contributed by atoms with Crippen LogP contribution in [-0.4, -0.2) is 20.6 Å². The zero-order valence-corrected chi connectivity index (χ0v) is 11.1. The third kappa shape index (κ3) is 1.22. The molecule has 0 saturated heterocycles. The summed E-state index contributed by atoms with van der Waals surface area (Å²) in [6.07, 6.45) is 6.14. The Balaban J connectivity index is 1.60. The molecule has 3 aliphatic carbocycles. The molecule has 102 valence electrons. The molecule has 0 aliphatic heterocycles. The summed E-state index contributed by atoms with van der Waals surface area (Å²) < 4.78 is 2.25. The van der Waals surface area contributed by atoms with Gasteiger partial charge in [-0.1, -0.05) is 0 Å². The predicted molar refractivity (Wildman–Crippen MR) is 73.5 cm³/mol. The van der Waals surface area contributed by atoms with Gasteiger partial charge in [0.2, 0.25) is 0 Å². The van der Waals surface area contributed by atoms with Crippen LogP contribution in [0.2, 0.25) is 0 Å². The van der Waals surface area contributed by atoms with Crippen LogP contribution >= 0.6 is 0 Å². The van der Waals surface area contributed by atoms with E-state index in [1.807, 2.05) is 12.4 Å². The fraction of sp³-hybridized carbons (Fsp3) is 0.500. The molecule has 2 bridgehead atoms. The second kappa shape index (κ2) is 3.43. The Bertz CT molecular complexity index is 719. The molecule has 4 unspecified atom stereocenters. The number of nitrogens with zero attached hydrogens (tertiary/aromatic N) is 2. The van der Waals surface area contributed by atoms with Gasteiger partial charge in [-0.2, -0.15) is 0 Å². The molecule has 4 nitrogen and oxygen atoms in total. The first-order valence-electron chi connectivity index (χ1n) is 7.44. The van der Waals surface area contributed by atoms with Gasteiger partial charge in [0, 0.05) is 6.04 Å². The molecule has 5 rings (SSSR count). The minimum atomic E-state index is -0.865. The quantitative estimate of drug-likeness (QED) is 0.911. The summed E-state index contributed by atoms with van der Waals surface area (Å²) >= 11 is 0. The topological polar surface area (TPSA) is 55.1 Å². The SMILES string of the molecule is O=C(O)c1ccc2ncn(C3C4C5CCC(C5)C43)c2c1. The Hall–Kier alpha value is -1.84. The van der Waals surface area contributed by atoms with Crippen molar-refractivity contribution in [1.82, 2.24) is 9.55 Å². The number of rotatable bonds is 2. The third-order valence-electron chi connectivity index (χ3n) is 5.84. The van der Waals surface area contributed by atoms with E-state index < -0.39 is 5.97 Å². The van der Waals surface area contributed by atoms with E-state index >= 15 is 0 Å². The van der Waals surface area contributed by atoms with Crippen LogP contribution in [0.5, 0.6) is 0 Å². The molecule has 3 saturated carbocycles. The van der Waals surface area contributed by atoms with E-state index in [2.05, 4.69) is 9.55 Å². The summed E-state index contributed by atoms with van der Waals surface area (Å²) in [7, 11) is 0. The summed E-state index contributed by atoms with van der Waals surface area (Å²) in [5, 5.41) is 9.15. The molecular formula is C16H16N2O2. The van der Waals surface area contributed by atoms with Gasteiger partial charge in [-0.3, -0.25) is 0 Å². The zero-order chi connectivity index (χ0) is 13.4. The summed E-state index contributed by atoms with van der Waals surface area (Å²) in [6.45, 7) is 0. The fourth-order valence-electron chi connectivity index (χ4n) is 5.05. The van der Waals surface area contributed by atoms with Gasteiger partial charge in [-0.25, -0.2) is 9.78 Å². The Morgan fingerprint density at radius 2 is 2.00 bits per heavy atom. The van der Waals surface area contributed by atoms with Crippen molar-refractivity contribution in [2.75, 3.05) is 0 Å². The lowest BCUT2D eigenvalue weighted by Gasteiger charge is -2.11. The van der Waals surface area contributed by atoms with Gasteiger partial charge in [-0.05, 0) is 61.1 Å². The van der Waals surface area contributed by atoms with Crippen LogP contribution < -0.4 is 0 Å². The number of carboxylic acids is 1. The highest BCUT2D eigenvalue weighted by Crippen LogP contribution is 2.71. The average Bonchev–Trinajstić information content (AvgIpc) is 2.84. The molecule has 0 amide bonds. The molecule has 3 aliphatic rings. The van der Waals surface area contributed by atoms with Crippen LogP contribution in [0.25, 0.3) is 11.0 Å². The van der Waals surface area contributed by atoms with Crippen molar-refractivity contribution in [2.45, 2.75) is 25.3 Å². The second-order valence-electron chi connectivity index (χ2n) is 6.64.